The molecule has 0 spiro atoms. The Bertz CT molecular complexity index is 578. The number of furan rings is 1. The van der Waals surface area contributed by atoms with Gasteiger partial charge in [0.1, 0.15) is 6.26 Å². The smallest absolute Gasteiger partial charge is 0.230 e. The Hall–Kier alpha value is -0.880. The average Bonchev–Trinajstić information content (AvgIpc) is 2.69. The van der Waals surface area contributed by atoms with Crippen LogP contribution in [-0.4, -0.2) is 18.8 Å². The standard InChI is InChI=1S/C11H12BrNO3S/c1-2-13(3-4-17)9-5-8(14)11-10(16-9)7(12)6-15-11/h5-6,17H,2-4H2,1H3. The molecule has 17 heavy (non-hydrogen) atoms. The highest BCUT2D eigenvalue weighted by Crippen LogP contribution is 2.27. The van der Waals surface area contributed by atoms with E-state index in [1.807, 2.05) is 11.8 Å². The fourth-order valence-electron chi connectivity index (χ4n) is 1.60. The number of rotatable bonds is 4. The van der Waals surface area contributed by atoms with Gasteiger partial charge in [-0.15, -0.1) is 0 Å². The van der Waals surface area contributed by atoms with Gasteiger partial charge in [-0.2, -0.15) is 12.6 Å². The van der Waals surface area contributed by atoms with E-state index in [1.54, 1.807) is 0 Å². The fraction of sp³-hybridized carbons (Fsp3) is 0.364. The maximum atomic E-state index is 11.8. The van der Waals surface area contributed by atoms with Crippen LogP contribution in [0.5, 0.6) is 0 Å². The highest BCUT2D eigenvalue weighted by Gasteiger charge is 2.14. The minimum Gasteiger partial charge on any atom is -0.456 e. The number of fused-ring (bicyclic) bond motifs is 1. The van der Waals surface area contributed by atoms with Crippen LogP contribution in [-0.2, 0) is 0 Å². The quantitative estimate of drug-likeness (QED) is 0.881. The summed E-state index contributed by atoms with van der Waals surface area (Å²) in [6.07, 6.45) is 1.45. The lowest BCUT2D eigenvalue weighted by Crippen LogP contribution is -2.25. The predicted molar refractivity (Wildman–Crippen MR) is 74.2 cm³/mol. The van der Waals surface area contributed by atoms with Crippen molar-refractivity contribution < 1.29 is 8.83 Å². The lowest BCUT2D eigenvalue weighted by Gasteiger charge is -2.19. The summed E-state index contributed by atoms with van der Waals surface area (Å²) in [5.41, 5.74) is 0.511. The van der Waals surface area contributed by atoms with Crippen LogP contribution in [0.1, 0.15) is 6.92 Å². The molecule has 0 aliphatic rings. The topological polar surface area (TPSA) is 46.6 Å². The molecule has 0 saturated carbocycles. The van der Waals surface area contributed by atoms with Crippen LogP contribution in [0.25, 0.3) is 11.2 Å². The molecule has 0 aliphatic heterocycles. The molecule has 2 aromatic rings. The average molecular weight is 318 g/mol. The second-order valence-electron chi connectivity index (χ2n) is 3.49. The first-order valence-corrected chi connectivity index (χ1v) is 6.66. The summed E-state index contributed by atoms with van der Waals surface area (Å²) >= 11 is 7.47. The number of thiol groups is 1. The predicted octanol–water partition coefficient (Wildman–Crippen LogP) is 2.90. The molecule has 2 aromatic heterocycles. The molecule has 4 nitrogen and oxygen atoms in total. The van der Waals surface area contributed by atoms with Gasteiger partial charge in [0, 0.05) is 18.8 Å². The van der Waals surface area contributed by atoms with Crippen LogP contribution >= 0.6 is 28.6 Å². The number of hydrogen-bond donors (Lipinski definition) is 1. The second kappa shape index (κ2) is 5.18. The molecule has 0 atom stereocenters. The summed E-state index contributed by atoms with van der Waals surface area (Å²) in [5, 5.41) is 0. The zero-order valence-electron chi connectivity index (χ0n) is 9.27. The van der Waals surface area contributed by atoms with Crippen LogP contribution in [0, 0.1) is 0 Å². The van der Waals surface area contributed by atoms with Crippen molar-refractivity contribution in [2.45, 2.75) is 6.92 Å². The Morgan fingerprint density at radius 1 is 1.47 bits per heavy atom. The molecular formula is C11H12BrNO3S. The highest BCUT2D eigenvalue weighted by molar-refractivity contribution is 9.10. The molecule has 6 heteroatoms. The van der Waals surface area contributed by atoms with E-state index in [4.69, 9.17) is 8.83 Å². The SMILES string of the molecule is CCN(CCS)c1cc(=O)c2occ(Br)c2o1. The van der Waals surface area contributed by atoms with Gasteiger partial charge in [0.05, 0.1) is 10.5 Å². The van der Waals surface area contributed by atoms with Gasteiger partial charge < -0.3 is 13.7 Å². The first-order valence-electron chi connectivity index (χ1n) is 5.24. The van der Waals surface area contributed by atoms with Gasteiger partial charge in [-0.3, -0.25) is 4.79 Å². The van der Waals surface area contributed by atoms with Crippen molar-refractivity contribution in [1.82, 2.24) is 0 Å². The Labute approximate surface area is 112 Å². The largest absolute Gasteiger partial charge is 0.456 e. The van der Waals surface area contributed by atoms with Gasteiger partial charge in [0.15, 0.2) is 11.5 Å². The van der Waals surface area contributed by atoms with E-state index in [1.165, 1.54) is 12.3 Å². The maximum absolute atomic E-state index is 11.8. The Morgan fingerprint density at radius 2 is 2.24 bits per heavy atom. The molecule has 2 rings (SSSR count). The first kappa shape index (κ1) is 12.6. The van der Waals surface area contributed by atoms with Crippen molar-refractivity contribution in [1.29, 1.82) is 0 Å². The molecule has 2 heterocycles. The van der Waals surface area contributed by atoms with Crippen LogP contribution in [0.15, 0.2) is 30.4 Å². The van der Waals surface area contributed by atoms with Crippen molar-refractivity contribution in [3.05, 3.63) is 27.0 Å². The van der Waals surface area contributed by atoms with Crippen LogP contribution in [0.4, 0.5) is 5.88 Å². The first-order chi connectivity index (χ1) is 8.17. The van der Waals surface area contributed by atoms with Crippen molar-refractivity contribution >= 4 is 45.6 Å². The van der Waals surface area contributed by atoms with E-state index < -0.39 is 0 Å². The fourth-order valence-corrected chi connectivity index (χ4v) is 2.20. The van der Waals surface area contributed by atoms with Gasteiger partial charge in [-0.25, -0.2) is 0 Å². The van der Waals surface area contributed by atoms with Gasteiger partial charge in [-0.1, -0.05) is 0 Å². The van der Waals surface area contributed by atoms with Gasteiger partial charge in [-0.05, 0) is 22.9 Å². The Balaban J connectivity index is 2.55. The molecular weight excluding hydrogens is 306 g/mol. The lowest BCUT2D eigenvalue weighted by atomic mass is 10.4. The van der Waals surface area contributed by atoms with E-state index in [0.717, 1.165) is 13.1 Å². The molecule has 0 N–H and O–H groups in total. The van der Waals surface area contributed by atoms with E-state index in [2.05, 4.69) is 28.6 Å². The monoisotopic (exact) mass is 317 g/mol. The lowest BCUT2D eigenvalue weighted by molar-refractivity contribution is 0.564. The van der Waals surface area contributed by atoms with Crippen molar-refractivity contribution in [3.8, 4) is 0 Å². The highest BCUT2D eigenvalue weighted by atomic mass is 79.9. The second-order valence-corrected chi connectivity index (χ2v) is 4.80. The maximum Gasteiger partial charge on any atom is 0.230 e. The molecule has 0 radical (unpaired) electrons. The molecule has 0 saturated heterocycles. The van der Waals surface area contributed by atoms with Gasteiger partial charge in [0.2, 0.25) is 11.0 Å². The molecule has 0 unspecified atom stereocenters. The normalized spacial score (nSPS) is 11.0. The number of nitrogens with zero attached hydrogens (tertiary/aromatic N) is 1. The van der Waals surface area contributed by atoms with Gasteiger partial charge in [0.25, 0.3) is 0 Å². The minimum atomic E-state index is -0.176. The number of hydrogen-bond acceptors (Lipinski definition) is 5. The summed E-state index contributed by atoms with van der Waals surface area (Å²) < 4.78 is 11.4. The van der Waals surface area contributed by atoms with Crippen molar-refractivity contribution in [3.63, 3.8) is 0 Å². The molecule has 0 amide bonds. The van der Waals surface area contributed by atoms with E-state index in [-0.39, 0.29) is 11.0 Å². The number of halogens is 1. The van der Waals surface area contributed by atoms with Crippen molar-refractivity contribution in [2.24, 2.45) is 0 Å². The summed E-state index contributed by atoms with van der Waals surface area (Å²) in [4.78, 5) is 13.8. The van der Waals surface area contributed by atoms with Crippen LogP contribution < -0.4 is 10.3 Å². The summed E-state index contributed by atoms with van der Waals surface area (Å²) in [7, 11) is 0. The Morgan fingerprint density at radius 3 is 2.88 bits per heavy atom. The summed E-state index contributed by atoms with van der Waals surface area (Å²) in [6, 6.07) is 1.45. The zero-order valence-corrected chi connectivity index (χ0v) is 11.8. The van der Waals surface area contributed by atoms with Crippen molar-refractivity contribution in [2.75, 3.05) is 23.7 Å². The van der Waals surface area contributed by atoms with Gasteiger partial charge >= 0.3 is 0 Å². The van der Waals surface area contributed by atoms with E-state index in [0.29, 0.717) is 21.7 Å². The molecule has 0 fully saturated rings. The number of anilines is 1. The molecule has 92 valence electrons. The minimum absolute atomic E-state index is 0.176. The third-order valence-corrected chi connectivity index (χ3v) is 3.20. The molecule has 0 aliphatic carbocycles. The molecule has 0 bridgehead atoms. The third-order valence-electron chi connectivity index (χ3n) is 2.45. The summed E-state index contributed by atoms with van der Waals surface area (Å²) in [5.74, 6) is 1.24. The molecule has 0 aromatic carbocycles. The third kappa shape index (κ3) is 2.37. The van der Waals surface area contributed by atoms with E-state index in [9.17, 15) is 4.79 Å². The zero-order chi connectivity index (χ0) is 12.4. The Kier molecular flexibility index (Phi) is 3.83. The summed E-state index contributed by atoms with van der Waals surface area (Å²) in [6.45, 7) is 3.48. The van der Waals surface area contributed by atoms with Crippen LogP contribution in [0.2, 0.25) is 0 Å². The van der Waals surface area contributed by atoms with E-state index >= 15 is 0 Å². The van der Waals surface area contributed by atoms with Crippen LogP contribution in [0.3, 0.4) is 0 Å².